The lowest BCUT2D eigenvalue weighted by Crippen LogP contribution is -2.40. The third-order valence-corrected chi connectivity index (χ3v) is 10.4. The van der Waals surface area contributed by atoms with Gasteiger partial charge in [0, 0.05) is 38.6 Å². The van der Waals surface area contributed by atoms with Gasteiger partial charge in [-0.05, 0) is 65.7 Å². The summed E-state index contributed by atoms with van der Waals surface area (Å²) >= 11 is 0. The van der Waals surface area contributed by atoms with E-state index >= 15 is 0 Å². The highest BCUT2D eigenvalue weighted by atomic mass is 32.2. The summed E-state index contributed by atoms with van der Waals surface area (Å²) in [5.41, 5.74) is 2.96. The summed E-state index contributed by atoms with van der Waals surface area (Å²) in [6, 6.07) is 20.6. The SMILES string of the molecule is O=S(=O)(c1ccc(N=Cc2cccc(C=Nc3ccc(S(=O)(=O)N4CCOCC4)cc3)c2)cc1)N1CCOCC1. The third kappa shape index (κ3) is 6.72. The van der Waals surface area contributed by atoms with Crippen LogP contribution in [0, 0.1) is 0 Å². The van der Waals surface area contributed by atoms with E-state index in [0.717, 1.165) is 11.1 Å². The molecule has 10 nitrogen and oxygen atoms in total. The Balaban J connectivity index is 1.22. The minimum Gasteiger partial charge on any atom is -0.379 e. The maximum Gasteiger partial charge on any atom is 0.243 e. The minimum atomic E-state index is -3.55. The van der Waals surface area contributed by atoms with Gasteiger partial charge >= 0.3 is 0 Å². The molecule has 3 aromatic rings. The van der Waals surface area contributed by atoms with Gasteiger partial charge in [0.1, 0.15) is 0 Å². The van der Waals surface area contributed by atoms with Crippen molar-refractivity contribution in [1.82, 2.24) is 8.61 Å². The molecule has 2 aliphatic rings. The van der Waals surface area contributed by atoms with Gasteiger partial charge in [0.25, 0.3) is 0 Å². The van der Waals surface area contributed by atoms with E-state index in [2.05, 4.69) is 9.98 Å². The predicted molar refractivity (Wildman–Crippen MR) is 153 cm³/mol. The van der Waals surface area contributed by atoms with Crippen molar-refractivity contribution in [1.29, 1.82) is 0 Å². The first-order chi connectivity index (χ1) is 19.3. The Kier molecular flexibility index (Phi) is 8.84. The van der Waals surface area contributed by atoms with Crippen molar-refractivity contribution in [2.45, 2.75) is 9.79 Å². The fourth-order valence-corrected chi connectivity index (χ4v) is 7.11. The standard InChI is InChI=1S/C28H30N4O6S2/c33-39(34,31-12-16-37-17-13-31)27-8-4-25(5-9-27)29-21-23-2-1-3-24(20-23)22-30-26-6-10-28(11-7-26)40(35,36)32-14-18-38-19-15-32/h1-11,20-22H,12-19H2. The van der Waals surface area contributed by atoms with Gasteiger partial charge in [-0.2, -0.15) is 8.61 Å². The molecule has 0 unspecified atom stereocenters. The quantitative estimate of drug-likeness (QED) is 0.377. The van der Waals surface area contributed by atoms with Crippen molar-refractivity contribution in [3.63, 3.8) is 0 Å². The first-order valence-corrected chi connectivity index (χ1v) is 15.7. The molecular formula is C28H30N4O6S2. The Morgan fingerprint density at radius 1 is 0.575 bits per heavy atom. The Hall–Kier alpha value is -3.26. The van der Waals surface area contributed by atoms with E-state index < -0.39 is 20.0 Å². The number of hydrogen-bond acceptors (Lipinski definition) is 8. The monoisotopic (exact) mass is 582 g/mol. The molecule has 12 heteroatoms. The van der Waals surface area contributed by atoms with Crippen LogP contribution in [-0.4, -0.2) is 90.5 Å². The molecule has 2 saturated heterocycles. The Morgan fingerprint density at radius 3 is 1.32 bits per heavy atom. The van der Waals surface area contributed by atoms with Gasteiger partial charge in [0.05, 0.1) is 47.6 Å². The fraction of sp³-hybridized carbons (Fsp3) is 0.286. The summed E-state index contributed by atoms with van der Waals surface area (Å²) < 4.78 is 64.5. The van der Waals surface area contributed by atoms with Gasteiger partial charge in [-0.15, -0.1) is 0 Å². The second-order valence-corrected chi connectivity index (χ2v) is 13.1. The molecule has 0 bridgehead atoms. The molecule has 3 aromatic carbocycles. The number of morpholine rings is 2. The van der Waals surface area contributed by atoms with Crippen LogP contribution < -0.4 is 0 Å². The van der Waals surface area contributed by atoms with Crippen LogP contribution in [0.1, 0.15) is 11.1 Å². The minimum absolute atomic E-state index is 0.235. The Bertz CT molecular complexity index is 1460. The molecule has 210 valence electrons. The summed E-state index contributed by atoms with van der Waals surface area (Å²) in [5.74, 6) is 0. The Morgan fingerprint density at radius 2 is 0.950 bits per heavy atom. The number of benzene rings is 3. The molecule has 2 fully saturated rings. The summed E-state index contributed by atoms with van der Waals surface area (Å²) in [5, 5.41) is 0. The van der Waals surface area contributed by atoms with Gasteiger partial charge < -0.3 is 9.47 Å². The number of rotatable bonds is 8. The van der Waals surface area contributed by atoms with E-state index in [1.54, 1.807) is 61.0 Å². The predicted octanol–water partition coefficient (Wildman–Crippen LogP) is 3.23. The Labute approximate surface area is 234 Å². The molecule has 0 aliphatic carbocycles. The maximum absolute atomic E-state index is 12.8. The number of sulfonamides is 2. The van der Waals surface area contributed by atoms with Crippen LogP contribution in [0.25, 0.3) is 0 Å². The summed E-state index contributed by atoms with van der Waals surface area (Å²) in [4.78, 5) is 9.42. The number of nitrogens with zero attached hydrogens (tertiary/aromatic N) is 4. The summed E-state index contributed by atoms with van der Waals surface area (Å²) in [7, 11) is -7.09. The molecule has 0 N–H and O–H groups in total. The average molecular weight is 583 g/mol. The molecule has 2 aliphatic heterocycles. The van der Waals surface area contributed by atoms with Crippen molar-refractivity contribution in [3.8, 4) is 0 Å². The second-order valence-electron chi connectivity index (χ2n) is 9.21. The van der Waals surface area contributed by atoms with Crippen molar-refractivity contribution in [3.05, 3.63) is 83.9 Å². The van der Waals surface area contributed by atoms with Crippen molar-refractivity contribution in [2.24, 2.45) is 9.98 Å². The van der Waals surface area contributed by atoms with Crippen LogP contribution in [0.3, 0.4) is 0 Å². The number of aliphatic imine (C=N–C) groups is 2. The maximum atomic E-state index is 12.8. The summed E-state index contributed by atoms with van der Waals surface area (Å²) in [6.45, 7) is 3.01. The zero-order valence-corrected chi connectivity index (χ0v) is 23.4. The van der Waals surface area contributed by atoms with Crippen LogP contribution in [0.15, 0.2) is 92.6 Å². The van der Waals surface area contributed by atoms with Crippen LogP contribution in [0.2, 0.25) is 0 Å². The molecule has 0 amide bonds. The largest absolute Gasteiger partial charge is 0.379 e. The highest BCUT2D eigenvalue weighted by Gasteiger charge is 2.27. The molecule has 5 rings (SSSR count). The zero-order valence-electron chi connectivity index (χ0n) is 21.8. The van der Waals surface area contributed by atoms with E-state index in [1.165, 1.54) is 8.61 Å². The van der Waals surface area contributed by atoms with Gasteiger partial charge in [-0.1, -0.05) is 18.2 Å². The molecule has 0 atom stereocenters. The highest BCUT2D eigenvalue weighted by molar-refractivity contribution is 7.89. The lowest BCUT2D eigenvalue weighted by molar-refractivity contribution is 0.0730. The van der Waals surface area contributed by atoms with Crippen molar-refractivity contribution >= 4 is 43.9 Å². The molecule has 0 aromatic heterocycles. The molecule has 0 spiro atoms. The summed E-state index contributed by atoms with van der Waals surface area (Å²) in [6.07, 6.45) is 3.40. The smallest absolute Gasteiger partial charge is 0.243 e. The lowest BCUT2D eigenvalue weighted by Gasteiger charge is -2.26. The van der Waals surface area contributed by atoms with Gasteiger partial charge in [0.15, 0.2) is 0 Å². The molecule has 40 heavy (non-hydrogen) atoms. The van der Waals surface area contributed by atoms with E-state index in [9.17, 15) is 16.8 Å². The number of ether oxygens (including phenoxy) is 2. The van der Waals surface area contributed by atoms with E-state index in [1.807, 2.05) is 24.3 Å². The third-order valence-electron chi connectivity index (χ3n) is 6.53. The normalized spacial score (nSPS) is 18.0. The first kappa shape index (κ1) is 28.3. The van der Waals surface area contributed by atoms with Gasteiger partial charge in [0.2, 0.25) is 20.0 Å². The lowest BCUT2D eigenvalue weighted by atomic mass is 10.1. The van der Waals surface area contributed by atoms with Gasteiger partial charge in [-0.3, -0.25) is 9.98 Å². The average Bonchev–Trinajstić information content (AvgIpc) is 3.00. The van der Waals surface area contributed by atoms with Crippen LogP contribution in [0.4, 0.5) is 11.4 Å². The van der Waals surface area contributed by atoms with Crippen molar-refractivity contribution < 1.29 is 26.3 Å². The van der Waals surface area contributed by atoms with E-state index in [4.69, 9.17) is 9.47 Å². The van der Waals surface area contributed by atoms with Crippen molar-refractivity contribution in [2.75, 3.05) is 52.6 Å². The molecule has 0 saturated carbocycles. The fourth-order valence-electron chi connectivity index (χ4n) is 4.30. The van der Waals surface area contributed by atoms with E-state index in [-0.39, 0.29) is 9.79 Å². The molecule has 0 radical (unpaired) electrons. The van der Waals surface area contributed by atoms with E-state index in [0.29, 0.717) is 64.0 Å². The van der Waals surface area contributed by atoms with Gasteiger partial charge in [-0.25, -0.2) is 16.8 Å². The zero-order chi connectivity index (χ0) is 28.0. The first-order valence-electron chi connectivity index (χ1n) is 12.9. The van der Waals surface area contributed by atoms with Crippen LogP contribution >= 0.6 is 0 Å². The number of hydrogen-bond donors (Lipinski definition) is 0. The van der Waals surface area contributed by atoms with Crippen LogP contribution in [-0.2, 0) is 29.5 Å². The topological polar surface area (TPSA) is 118 Å². The highest BCUT2D eigenvalue weighted by Crippen LogP contribution is 2.22. The molecule has 2 heterocycles. The molecular weight excluding hydrogens is 552 g/mol. The second kappa shape index (κ2) is 12.5. The van der Waals surface area contributed by atoms with Crippen LogP contribution in [0.5, 0.6) is 0 Å².